The second-order valence-corrected chi connectivity index (χ2v) is 5.60. The highest BCUT2D eigenvalue weighted by Crippen LogP contribution is 2.20. The second-order valence-electron chi connectivity index (χ2n) is 5.60. The molecule has 2 aromatic rings. The van der Waals surface area contributed by atoms with Gasteiger partial charge in [-0.1, -0.05) is 12.1 Å². The molecule has 1 aromatic heterocycles. The standard InChI is InChI=1S/C16H20N2O/c1-16(7-3-9-19-12-16)18-11-13-5-6-15-14(10-13)4-2-8-17-15/h2,4-6,8,10,18H,3,7,9,11-12H2,1H3. The normalized spacial score (nSPS) is 23.6. The van der Waals surface area contributed by atoms with Crippen molar-refractivity contribution in [3.05, 3.63) is 42.1 Å². The topological polar surface area (TPSA) is 34.2 Å². The van der Waals surface area contributed by atoms with Crippen molar-refractivity contribution in [1.29, 1.82) is 0 Å². The molecular formula is C16H20N2O. The Balaban J connectivity index is 1.71. The van der Waals surface area contributed by atoms with Crippen molar-refractivity contribution in [2.75, 3.05) is 13.2 Å². The quantitative estimate of drug-likeness (QED) is 0.917. The first kappa shape index (κ1) is 12.6. The Kier molecular flexibility index (Phi) is 3.49. The highest BCUT2D eigenvalue weighted by Gasteiger charge is 2.26. The van der Waals surface area contributed by atoms with Crippen LogP contribution in [-0.4, -0.2) is 23.7 Å². The molecule has 2 heterocycles. The molecule has 1 N–H and O–H groups in total. The Morgan fingerprint density at radius 1 is 1.37 bits per heavy atom. The van der Waals surface area contributed by atoms with E-state index in [1.807, 2.05) is 12.3 Å². The van der Waals surface area contributed by atoms with Gasteiger partial charge in [-0.05, 0) is 43.5 Å². The molecule has 1 aliphatic rings. The SMILES string of the molecule is CC1(NCc2ccc3ncccc3c2)CCCOC1. The molecule has 1 unspecified atom stereocenters. The Morgan fingerprint density at radius 2 is 2.32 bits per heavy atom. The van der Waals surface area contributed by atoms with Gasteiger partial charge in [-0.2, -0.15) is 0 Å². The lowest BCUT2D eigenvalue weighted by Gasteiger charge is -2.34. The molecule has 1 atom stereocenters. The van der Waals surface area contributed by atoms with Gasteiger partial charge < -0.3 is 10.1 Å². The highest BCUT2D eigenvalue weighted by atomic mass is 16.5. The first-order chi connectivity index (χ1) is 9.25. The van der Waals surface area contributed by atoms with Crippen LogP contribution in [0.5, 0.6) is 0 Å². The molecule has 100 valence electrons. The number of aromatic nitrogens is 1. The summed E-state index contributed by atoms with van der Waals surface area (Å²) in [4.78, 5) is 4.35. The zero-order chi connectivity index (χ0) is 13.1. The predicted octanol–water partition coefficient (Wildman–Crippen LogP) is 2.89. The third-order valence-electron chi connectivity index (χ3n) is 3.82. The number of pyridine rings is 1. The first-order valence-electron chi connectivity index (χ1n) is 6.92. The minimum absolute atomic E-state index is 0.113. The second kappa shape index (κ2) is 5.27. The van der Waals surface area contributed by atoms with Gasteiger partial charge in [0.2, 0.25) is 0 Å². The van der Waals surface area contributed by atoms with E-state index < -0.39 is 0 Å². The third kappa shape index (κ3) is 2.94. The summed E-state index contributed by atoms with van der Waals surface area (Å²) in [5, 5.41) is 4.83. The molecule has 0 saturated carbocycles. The van der Waals surface area contributed by atoms with Crippen molar-refractivity contribution in [2.24, 2.45) is 0 Å². The largest absolute Gasteiger partial charge is 0.380 e. The molecule has 0 amide bonds. The van der Waals surface area contributed by atoms with Crippen LogP contribution in [-0.2, 0) is 11.3 Å². The fourth-order valence-electron chi connectivity index (χ4n) is 2.62. The number of hydrogen-bond donors (Lipinski definition) is 1. The van der Waals surface area contributed by atoms with E-state index in [4.69, 9.17) is 4.74 Å². The van der Waals surface area contributed by atoms with E-state index in [1.54, 1.807) is 0 Å². The molecule has 19 heavy (non-hydrogen) atoms. The number of fused-ring (bicyclic) bond motifs is 1. The van der Waals surface area contributed by atoms with Gasteiger partial charge in [0.05, 0.1) is 12.1 Å². The van der Waals surface area contributed by atoms with E-state index in [-0.39, 0.29) is 5.54 Å². The van der Waals surface area contributed by atoms with Crippen LogP contribution in [0.1, 0.15) is 25.3 Å². The summed E-state index contributed by atoms with van der Waals surface area (Å²) in [6.07, 6.45) is 4.16. The Hall–Kier alpha value is -1.45. The summed E-state index contributed by atoms with van der Waals surface area (Å²) in [6.45, 7) is 4.83. The van der Waals surface area contributed by atoms with Crippen molar-refractivity contribution in [1.82, 2.24) is 10.3 Å². The zero-order valence-corrected chi connectivity index (χ0v) is 11.4. The summed E-state index contributed by atoms with van der Waals surface area (Å²) in [5.74, 6) is 0. The maximum atomic E-state index is 5.57. The van der Waals surface area contributed by atoms with Crippen LogP contribution in [0.15, 0.2) is 36.5 Å². The minimum atomic E-state index is 0.113. The number of nitrogens with one attached hydrogen (secondary N) is 1. The summed E-state index contributed by atoms with van der Waals surface area (Å²) >= 11 is 0. The molecular weight excluding hydrogens is 236 g/mol. The van der Waals surface area contributed by atoms with Gasteiger partial charge in [-0.15, -0.1) is 0 Å². The molecule has 1 saturated heterocycles. The fourth-order valence-corrected chi connectivity index (χ4v) is 2.62. The molecule has 0 spiro atoms. The average Bonchev–Trinajstić information content (AvgIpc) is 2.46. The molecule has 0 bridgehead atoms. The van der Waals surface area contributed by atoms with Crippen molar-refractivity contribution in [3.63, 3.8) is 0 Å². The summed E-state index contributed by atoms with van der Waals surface area (Å²) < 4.78 is 5.57. The molecule has 0 aliphatic carbocycles. The van der Waals surface area contributed by atoms with Crippen LogP contribution >= 0.6 is 0 Å². The predicted molar refractivity (Wildman–Crippen MR) is 77.0 cm³/mol. The van der Waals surface area contributed by atoms with E-state index in [2.05, 4.69) is 41.5 Å². The summed E-state index contributed by atoms with van der Waals surface area (Å²) in [7, 11) is 0. The Bertz CT molecular complexity index is 561. The lowest BCUT2D eigenvalue weighted by atomic mass is 9.94. The Labute approximate surface area is 114 Å². The van der Waals surface area contributed by atoms with Crippen LogP contribution in [0, 0.1) is 0 Å². The van der Waals surface area contributed by atoms with Gasteiger partial charge >= 0.3 is 0 Å². The van der Waals surface area contributed by atoms with E-state index in [0.717, 1.165) is 31.7 Å². The van der Waals surface area contributed by atoms with Gasteiger partial charge in [0, 0.05) is 30.3 Å². The van der Waals surface area contributed by atoms with Gasteiger partial charge in [-0.3, -0.25) is 4.98 Å². The first-order valence-corrected chi connectivity index (χ1v) is 6.92. The molecule has 3 rings (SSSR count). The molecule has 1 aliphatic heterocycles. The van der Waals surface area contributed by atoms with E-state index in [1.165, 1.54) is 17.4 Å². The van der Waals surface area contributed by atoms with E-state index >= 15 is 0 Å². The average molecular weight is 256 g/mol. The minimum Gasteiger partial charge on any atom is -0.380 e. The van der Waals surface area contributed by atoms with Crippen LogP contribution in [0.4, 0.5) is 0 Å². The van der Waals surface area contributed by atoms with Crippen LogP contribution in [0.25, 0.3) is 10.9 Å². The number of benzene rings is 1. The van der Waals surface area contributed by atoms with Crippen LogP contribution in [0.2, 0.25) is 0 Å². The smallest absolute Gasteiger partial charge is 0.0702 e. The van der Waals surface area contributed by atoms with Crippen molar-refractivity contribution in [2.45, 2.75) is 31.8 Å². The van der Waals surface area contributed by atoms with Gasteiger partial charge in [-0.25, -0.2) is 0 Å². The zero-order valence-electron chi connectivity index (χ0n) is 11.4. The number of rotatable bonds is 3. The van der Waals surface area contributed by atoms with Crippen molar-refractivity contribution < 1.29 is 4.74 Å². The lowest BCUT2D eigenvalue weighted by Crippen LogP contribution is -2.48. The van der Waals surface area contributed by atoms with Crippen LogP contribution < -0.4 is 5.32 Å². The Morgan fingerprint density at radius 3 is 3.16 bits per heavy atom. The number of nitrogens with zero attached hydrogens (tertiary/aromatic N) is 1. The van der Waals surface area contributed by atoms with Crippen molar-refractivity contribution >= 4 is 10.9 Å². The molecule has 1 aromatic carbocycles. The van der Waals surface area contributed by atoms with E-state index in [0.29, 0.717) is 0 Å². The van der Waals surface area contributed by atoms with Gasteiger partial charge in [0.15, 0.2) is 0 Å². The number of hydrogen-bond acceptors (Lipinski definition) is 3. The maximum absolute atomic E-state index is 5.57. The van der Waals surface area contributed by atoms with Gasteiger partial charge in [0.1, 0.15) is 0 Å². The fraction of sp³-hybridized carbons (Fsp3) is 0.438. The number of ether oxygens (including phenoxy) is 1. The molecule has 3 nitrogen and oxygen atoms in total. The van der Waals surface area contributed by atoms with Crippen molar-refractivity contribution in [3.8, 4) is 0 Å². The molecule has 1 fully saturated rings. The highest BCUT2D eigenvalue weighted by molar-refractivity contribution is 5.78. The summed E-state index contributed by atoms with van der Waals surface area (Å²) in [5.41, 5.74) is 2.47. The summed E-state index contributed by atoms with van der Waals surface area (Å²) in [6, 6.07) is 10.5. The monoisotopic (exact) mass is 256 g/mol. The maximum Gasteiger partial charge on any atom is 0.0702 e. The van der Waals surface area contributed by atoms with E-state index in [9.17, 15) is 0 Å². The van der Waals surface area contributed by atoms with Crippen LogP contribution in [0.3, 0.4) is 0 Å². The molecule has 3 heteroatoms. The third-order valence-corrected chi connectivity index (χ3v) is 3.82. The lowest BCUT2D eigenvalue weighted by molar-refractivity contribution is 0.0278. The molecule has 0 radical (unpaired) electrons. The van der Waals surface area contributed by atoms with Gasteiger partial charge in [0.25, 0.3) is 0 Å².